The maximum atomic E-state index is 12.6. The molecule has 0 aliphatic heterocycles. The van der Waals surface area contributed by atoms with E-state index in [4.69, 9.17) is 9.15 Å². The average Bonchev–Trinajstić information content (AvgIpc) is 3.30. The van der Waals surface area contributed by atoms with Gasteiger partial charge in [0.05, 0.1) is 37.7 Å². The molecular formula is C22H25N3O4. The molecule has 1 aromatic carbocycles. The van der Waals surface area contributed by atoms with Crippen LogP contribution in [0.1, 0.15) is 33.1 Å². The summed E-state index contributed by atoms with van der Waals surface area (Å²) in [6.07, 6.45) is 1.62. The smallest absolute Gasteiger partial charge is 0.253 e. The van der Waals surface area contributed by atoms with Gasteiger partial charge in [0.15, 0.2) is 0 Å². The first kappa shape index (κ1) is 20.3. The molecule has 0 aliphatic carbocycles. The third kappa shape index (κ3) is 4.68. The molecule has 3 aromatic rings. The lowest BCUT2D eigenvalue weighted by molar-refractivity contribution is -0.115. The number of ether oxygens (including phenoxy) is 1. The highest BCUT2D eigenvalue weighted by atomic mass is 16.5. The molecule has 0 radical (unpaired) electrons. The number of hydrogen-bond acceptors (Lipinski definition) is 4. The molecule has 7 heteroatoms. The zero-order valence-corrected chi connectivity index (χ0v) is 17.0. The Bertz CT molecular complexity index is 1020. The number of rotatable bonds is 7. The summed E-state index contributed by atoms with van der Waals surface area (Å²) < 4.78 is 12.7. The molecule has 2 amide bonds. The summed E-state index contributed by atoms with van der Waals surface area (Å²) in [5, 5.41) is 5.46. The Hall–Kier alpha value is -3.48. The van der Waals surface area contributed by atoms with Crippen molar-refractivity contribution >= 4 is 17.5 Å². The molecule has 0 unspecified atom stereocenters. The number of benzene rings is 1. The van der Waals surface area contributed by atoms with E-state index in [1.54, 1.807) is 19.4 Å². The van der Waals surface area contributed by atoms with Crippen LogP contribution >= 0.6 is 0 Å². The fraction of sp³-hybridized carbons (Fsp3) is 0.273. The van der Waals surface area contributed by atoms with Crippen LogP contribution in [0.4, 0.5) is 5.69 Å². The third-order valence-electron chi connectivity index (χ3n) is 4.75. The van der Waals surface area contributed by atoms with Crippen molar-refractivity contribution in [3.63, 3.8) is 0 Å². The second-order valence-corrected chi connectivity index (χ2v) is 6.88. The van der Waals surface area contributed by atoms with Gasteiger partial charge in [-0.15, -0.1) is 0 Å². The van der Waals surface area contributed by atoms with E-state index in [-0.39, 0.29) is 18.4 Å². The van der Waals surface area contributed by atoms with Crippen LogP contribution in [-0.2, 0) is 11.3 Å². The van der Waals surface area contributed by atoms with Gasteiger partial charge >= 0.3 is 0 Å². The standard InChI is InChI=1S/C22H25N3O4/c1-14-7-8-20(28-4)19(10-14)24-21(26)12-23-22(27)18-11-15(2)25(16(18)3)13-17-6-5-9-29-17/h5-11H,12-13H2,1-4H3,(H,23,27)(H,24,26). The van der Waals surface area contributed by atoms with Crippen molar-refractivity contribution in [2.45, 2.75) is 27.3 Å². The molecule has 0 saturated heterocycles. The van der Waals surface area contributed by atoms with Crippen LogP contribution in [-0.4, -0.2) is 30.0 Å². The highest BCUT2D eigenvalue weighted by Crippen LogP contribution is 2.25. The van der Waals surface area contributed by atoms with Crippen molar-refractivity contribution in [3.05, 3.63) is 70.9 Å². The number of amides is 2. The van der Waals surface area contributed by atoms with Crippen molar-refractivity contribution in [2.75, 3.05) is 19.0 Å². The maximum absolute atomic E-state index is 12.6. The van der Waals surface area contributed by atoms with E-state index in [2.05, 4.69) is 10.6 Å². The first-order chi connectivity index (χ1) is 13.9. The Morgan fingerprint density at radius 1 is 1.14 bits per heavy atom. The second-order valence-electron chi connectivity index (χ2n) is 6.88. The number of furan rings is 1. The number of aromatic nitrogens is 1. The zero-order valence-electron chi connectivity index (χ0n) is 17.0. The van der Waals surface area contributed by atoms with E-state index >= 15 is 0 Å². The molecule has 2 heterocycles. The minimum Gasteiger partial charge on any atom is -0.495 e. The van der Waals surface area contributed by atoms with E-state index in [1.165, 1.54) is 0 Å². The number of aryl methyl sites for hydroxylation is 2. The van der Waals surface area contributed by atoms with Crippen molar-refractivity contribution in [1.82, 2.24) is 9.88 Å². The minimum absolute atomic E-state index is 0.141. The molecule has 0 fully saturated rings. The average molecular weight is 395 g/mol. The monoisotopic (exact) mass is 395 g/mol. The van der Waals surface area contributed by atoms with Gasteiger partial charge < -0.3 is 24.4 Å². The molecule has 3 rings (SSSR count). The highest BCUT2D eigenvalue weighted by Gasteiger charge is 2.17. The summed E-state index contributed by atoms with van der Waals surface area (Å²) in [4.78, 5) is 24.9. The van der Waals surface area contributed by atoms with Crippen LogP contribution < -0.4 is 15.4 Å². The highest BCUT2D eigenvalue weighted by molar-refractivity contribution is 6.00. The van der Waals surface area contributed by atoms with E-state index in [0.717, 1.165) is 22.7 Å². The summed E-state index contributed by atoms with van der Waals surface area (Å²) in [5.41, 5.74) is 3.86. The molecular weight excluding hydrogens is 370 g/mol. The maximum Gasteiger partial charge on any atom is 0.253 e. The molecule has 29 heavy (non-hydrogen) atoms. The molecule has 2 aromatic heterocycles. The van der Waals surface area contributed by atoms with Gasteiger partial charge in [-0.05, 0) is 56.7 Å². The van der Waals surface area contributed by atoms with Gasteiger partial charge in [-0.1, -0.05) is 6.07 Å². The summed E-state index contributed by atoms with van der Waals surface area (Å²) in [6.45, 7) is 6.14. The largest absolute Gasteiger partial charge is 0.495 e. The lowest BCUT2D eigenvalue weighted by Gasteiger charge is -2.12. The van der Waals surface area contributed by atoms with E-state index in [0.29, 0.717) is 23.5 Å². The fourth-order valence-electron chi connectivity index (χ4n) is 3.20. The van der Waals surface area contributed by atoms with Crippen LogP contribution in [0.3, 0.4) is 0 Å². The van der Waals surface area contributed by atoms with Gasteiger partial charge in [-0.3, -0.25) is 9.59 Å². The van der Waals surface area contributed by atoms with Crippen LogP contribution in [0.15, 0.2) is 47.1 Å². The number of methoxy groups -OCH3 is 1. The van der Waals surface area contributed by atoms with Crippen LogP contribution in [0, 0.1) is 20.8 Å². The van der Waals surface area contributed by atoms with Gasteiger partial charge in [0, 0.05) is 11.4 Å². The SMILES string of the molecule is COc1ccc(C)cc1NC(=O)CNC(=O)c1cc(C)n(Cc2ccco2)c1C. The number of nitrogens with zero attached hydrogens (tertiary/aromatic N) is 1. The topological polar surface area (TPSA) is 85.5 Å². The number of carbonyl (C=O) groups is 2. The summed E-state index contributed by atoms with van der Waals surface area (Å²) in [5.74, 6) is 0.754. The molecule has 0 saturated carbocycles. The van der Waals surface area contributed by atoms with Gasteiger partial charge in [0.25, 0.3) is 5.91 Å². The van der Waals surface area contributed by atoms with E-state index in [9.17, 15) is 9.59 Å². The molecule has 0 atom stereocenters. The second kappa shape index (κ2) is 8.68. The fourth-order valence-corrected chi connectivity index (χ4v) is 3.20. The van der Waals surface area contributed by atoms with Crippen LogP contribution in [0.5, 0.6) is 5.75 Å². The first-order valence-electron chi connectivity index (χ1n) is 9.31. The number of hydrogen-bond donors (Lipinski definition) is 2. The van der Waals surface area contributed by atoms with Crippen molar-refractivity contribution in [1.29, 1.82) is 0 Å². The predicted octanol–water partition coefficient (Wildman–Crippen LogP) is 3.43. The quantitative estimate of drug-likeness (QED) is 0.642. The molecule has 0 bridgehead atoms. The molecule has 152 valence electrons. The number of nitrogens with one attached hydrogen (secondary N) is 2. The van der Waals surface area contributed by atoms with Crippen LogP contribution in [0.2, 0.25) is 0 Å². The lowest BCUT2D eigenvalue weighted by atomic mass is 10.2. The van der Waals surface area contributed by atoms with Gasteiger partial charge in [0.2, 0.25) is 5.91 Å². The lowest BCUT2D eigenvalue weighted by Crippen LogP contribution is -2.33. The van der Waals surface area contributed by atoms with E-state index in [1.807, 2.05) is 55.7 Å². The van der Waals surface area contributed by atoms with E-state index < -0.39 is 0 Å². The summed E-state index contributed by atoms with van der Waals surface area (Å²) in [7, 11) is 1.54. The Morgan fingerprint density at radius 2 is 1.93 bits per heavy atom. The first-order valence-corrected chi connectivity index (χ1v) is 9.31. The Morgan fingerprint density at radius 3 is 2.62 bits per heavy atom. The van der Waals surface area contributed by atoms with Crippen LogP contribution in [0.25, 0.3) is 0 Å². The molecule has 7 nitrogen and oxygen atoms in total. The van der Waals surface area contributed by atoms with Gasteiger partial charge in [-0.25, -0.2) is 0 Å². The van der Waals surface area contributed by atoms with Gasteiger partial charge in [0.1, 0.15) is 11.5 Å². The Balaban J connectivity index is 1.64. The van der Waals surface area contributed by atoms with Gasteiger partial charge in [-0.2, -0.15) is 0 Å². The van der Waals surface area contributed by atoms with Crippen molar-refractivity contribution in [2.24, 2.45) is 0 Å². The number of carbonyl (C=O) groups excluding carboxylic acids is 2. The Kier molecular flexibility index (Phi) is 6.07. The van der Waals surface area contributed by atoms with Crippen molar-refractivity contribution in [3.8, 4) is 5.75 Å². The zero-order chi connectivity index (χ0) is 21.0. The normalized spacial score (nSPS) is 10.6. The Labute approximate surface area is 169 Å². The minimum atomic E-state index is -0.327. The molecule has 0 aliphatic rings. The summed E-state index contributed by atoms with van der Waals surface area (Å²) >= 11 is 0. The van der Waals surface area contributed by atoms with Crippen molar-refractivity contribution < 1.29 is 18.7 Å². The summed E-state index contributed by atoms with van der Waals surface area (Å²) in [6, 6.07) is 11.0. The third-order valence-corrected chi connectivity index (χ3v) is 4.75. The molecule has 0 spiro atoms. The molecule has 2 N–H and O–H groups in total. The number of anilines is 1. The predicted molar refractivity (Wildman–Crippen MR) is 110 cm³/mol.